The second kappa shape index (κ2) is 6.26. The minimum atomic E-state index is 0.0109. The molecule has 0 saturated carbocycles. The van der Waals surface area contributed by atoms with Crippen molar-refractivity contribution in [2.45, 2.75) is 32.7 Å². The van der Waals surface area contributed by atoms with Crippen molar-refractivity contribution in [3.05, 3.63) is 81.3 Å². The molecular weight excluding hydrogens is 320 g/mol. The molecule has 0 aliphatic heterocycles. The quantitative estimate of drug-likeness (QED) is 0.754. The zero-order chi connectivity index (χ0) is 18.4. The zero-order valence-corrected chi connectivity index (χ0v) is 15.5. The van der Waals surface area contributed by atoms with Gasteiger partial charge in [-0.3, -0.25) is 4.79 Å². The molecule has 1 aromatic heterocycles. The average Bonchev–Trinajstić information content (AvgIpc) is 2.99. The maximum Gasteiger partial charge on any atom is 0.250 e. The molecule has 132 valence electrons. The highest BCUT2D eigenvalue weighted by atomic mass is 16.1. The van der Waals surface area contributed by atoms with Crippen molar-refractivity contribution in [1.82, 2.24) is 4.57 Å². The van der Waals surface area contributed by atoms with Crippen LogP contribution in [0.1, 0.15) is 34.7 Å². The van der Waals surface area contributed by atoms with Gasteiger partial charge in [0.05, 0.1) is 0 Å². The maximum atomic E-state index is 12.0. The van der Waals surface area contributed by atoms with Gasteiger partial charge in [0, 0.05) is 25.4 Å². The molecule has 0 unspecified atom stereocenters. The van der Waals surface area contributed by atoms with Crippen LogP contribution in [0, 0.1) is 13.8 Å². The standard InChI is InChI=1S/C23H24N2O/c1-14-11-17(16-9-10-25(3)22(26)13-16)12-15(2)23(14)20-6-4-5-19-18(20)7-8-21(19)24/h4-6,9-13,21H,7-8,24H2,1-3H3/t21-/m1/s1. The van der Waals surface area contributed by atoms with Crippen molar-refractivity contribution in [3.63, 3.8) is 0 Å². The third kappa shape index (κ3) is 2.69. The number of fused-ring (bicyclic) bond motifs is 1. The summed E-state index contributed by atoms with van der Waals surface area (Å²) in [6.07, 6.45) is 3.89. The van der Waals surface area contributed by atoms with E-state index in [4.69, 9.17) is 5.73 Å². The lowest BCUT2D eigenvalue weighted by molar-refractivity contribution is 0.713. The molecule has 3 heteroatoms. The van der Waals surface area contributed by atoms with E-state index >= 15 is 0 Å². The first-order valence-corrected chi connectivity index (χ1v) is 9.12. The predicted molar refractivity (Wildman–Crippen MR) is 107 cm³/mol. The van der Waals surface area contributed by atoms with Crippen molar-refractivity contribution in [1.29, 1.82) is 0 Å². The Labute approximate surface area is 154 Å². The monoisotopic (exact) mass is 344 g/mol. The SMILES string of the molecule is Cc1cc(-c2ccn(C)c(=O)c2)cc(C)c1-c1cccc2c1CC[C@H]2N. The molecular formula is C23H24N2O. The Morgan fingerprint density at radius 3 is 2.46 bits per heavy atom. The summed E-state index contributed by atoms with van der Waals surface area (Å²) in [7, 11) is 1.77. The van der Waals surface area contributed by atoms with Gasteiger partial charge in [-0.1, -0.05) is 30.3 Å². The molecule has 1 atom stereocenters. The molecule has 26 heavy (non-hydrogen) atoms. The van der Waals surface area contributed by atoms with Crippen molar-refractivity contribution < 1.29 is 0 Å². The van der Waals surface area contributed by atoms with Crippen LogP contribution in [-0.4, -0.2) is 4.57 Å². The van der Waals surface area contributed by atoms with Gasteiger partial charge in [0.1, 0.15) is 0 Å². The highest BCUT2D eigenvalue weighted by Crippen LogP contribution is 2.40. The maximum absolute atomic E-state index is 12.0. The third-order valence-electron chi connectivity index (χ3n) is 5.56. The molecule has 3 aromatic rings. The fourth-order valence-corrected chi connectivity index (χ4v) is 4.20. The number of aryl methyl sites for hydroxylation is 3. The number of nitrogens with zero attached hydrogens (tertiary/aromatic N) is 1. The summed E-state index contributed by atoms with van der Waals surface area (Å²) in [6.45, 7) is 4.31. The molecule has 0 radical (unpaired) electrons. The fourth-order valence-electron chi connectivity index (χ4n) is 4.20. The summed E-state index contributed by atoms with van der Waals surface area (Å²) in [5, 5.41) is 0. The number of hydrogen-bond acceptors (Lipinski definition) is 2. The minimum absolute atomic E-state index is 0.0109. The Balaban J connectivity index is 1.86. The van der Waals surface area contributed by atoms with Crippen LogP contribution < -0.4 is 11.3 Å². The van der Waals surface area contributed by atoms with Gasteiger partial charge in [0.25, 0.3) is 5.56 Å². The molecule has 4 rings (SSSR count). The van der Waals surface area contributed by atoms with Crippen molar-refractivity contribution in [2.24, 2.45) is 12.8 Å². The topological polar surface area (TPSA) is 48.0 Å². The van der Waals surface area contributed by atoms with E-state index in [1.165, 1.54) is 33.4 Å². The van der Waals surface area contributed by atoms with Crippen LogP contribution in [0.5, 0.6) is 0 Å². The normalized spacial score (nSPS) is 15.9. The number of benzene rings is 2. The molecule has 0 amide bonds. The van der Waals surface area contributed by atoms with E-state index in [0.717, 1.165) is 24.0 Å². The van der Waals surface area contributed by atoms with Crippen LogP contribution in [0.25, 0.3) is 22.3 Å². The van der Waals surface area contributed by atoms with Crippen LogP contribution >= 0.6 is 0 Å². The second-order valence-electron chi connectivity index (χ2n) is 7.37. The Bertz CT molecular complexity index is 1040. The molecule has 0 bridgehead atoms. The number of rotatable bonds is 2. The van der Waals surface area contributed by atoms with Gasteiger partial charge < -0.3 is 10.3 Å². The first-order valence-electron chi connectivity index (χ1n) is 9.12. The lowest BCUT2D eigenvalue weighted by Gasteiger charge is -2.17. The molecule has 3 nitrogen and oxygen atoms in total. The smallest absolute Gasteiger partial charge is 0.250 e. The van der Waals surface area contributed by atoms with E-state index in [9.17, 15) is 4.79 Å². The number of pyridine rings is 1. The van der Waals surface area contributed by atoms with Crippen LogP contribution in [0.15, 0.2) is 53.5 Å². The van der Waals surface area contributed by atoms with E-state index in [1.807, 2.05) is 12.3 Å². The first-order chi connectivity index (χ1) is 12.5. The first kappa shape index (κ1) is 16.8. The minimum Gasteiger partial charge on any atom is -0.324 e. The zero-order valence-electron chi connectivity index (χ0n) is 15.5. The van der Waals surface area contributed by atoms with Gasteiger partial charge in [-0.25, -0.2) is 0 Å². The summed E-state index contributed by atoms with van der Waals surface area (Å²) >= 11 is 0. The molecule has 0 fully saturated rings. The Morgan fingerprint density at radius 1 is 1.04 bits per heavy atom. The van der Waals surface area contributed by atoms with Gasteiger partial charge in [-0.05, 0) is 77.3 Å². The Kier molecular flexibility index (Phi) is 4.04. The van der Waals surface area contributed by atoms with E-state index in [0.29, 0.717) is 0 Å². The van der Waals surface area contributed by atoms with Crippen molar-refractivity contribution in [2.75, 3.05) is 0 Å². The molecule has 2 N–H and O–H groups in total. The van der Waals surface area contributed by atoms with E-state index in [2.05, 4.69) is 44.2 Å². The summed E-state index contributed by atoms with van der Waals surface area (Å²) in [6, 6.07) is 14.7. The van der Waals surface area contributed by atoms with Crippen LogP contribution in [0.4, 0.5) is 0 Å². The van der Waals surface area contributed by atoms with Crippen molar-refractivity contribution >= 4 is 0 Å². The van der Waals surface area contributed by atoms with E-state index < -0.39 is 0 Å². The predicted octanol–water partition coefficient (Wildman–Crippen LogP) is 4.28. The molecule has 1 aliphatic carbocycles. The lowest BCUT2D eigenvalue weighted by Crippen LogP contribution is -2.14. The molecule has 2 aromatic carbocycles. The fraction of sp³-hybridized carbons (Fsp3) is 0.261. The van der Waals surface area contributed by atoms with Gasteiger partial charge in [0.2, 0.25) is 0 Å². The summed E-state index contributed by atoms with van der Waals surface area (Å²) in [5.41, 5.74) is 16.1. The summed E-state index contributed by atoms with van der Waals surface area (Å²) in [5.74, 6) is 0. The Morgan fingerprint density at radius 2 is 1.77 bits per heavy atom. The number of nitrogens with two attached hydrogens (primary N) is 1. The largest absolute Gasteiger partial charge is 0.324 e. The molecule has 0 spiro atoms. The number of hydrogen-bond donors (Lipinski definition) is 1. The highest BCUT2D eigenvalue weighted by molar-refractivity contribution is 5.79. The van der Waals surface area contributed by atoms with Gasteiger partial charge >= 0.3 is 0 Å². The van der Waals surface area contributed by atoms with Gasteiger partial charge in [-0.2, -0.15) is 0 Å². The average molecular weight is 344 g/mol. The van der Waals surface area contributed by atoms with E-state index in [1.54, 1.807) is 17.7 Å². The Hall–Kier alpha value is -2.65. The van der Waals surface area contributed by atoms with Gasteiger partial charge in [0.15, 0.2) is 0 Å². The second-order valence-corrected chi connectivity index (χ2v) is 7.37. The van der Waals surface area contributed by atoms with Gasteiger partial charge in [-0.15, -0.1) is 0 Å². The highest BCUT2D eigenvalue weighted by Gasteiger charge is 2.23. The van der Waals surface area contributed by atoms with Crippen LogP contribution in [0.3, 0.4) is 0 Å². The number of aromatic nitrogens is 1. The summed E-state index contributed by atoms with van der Waals surface area (Å²) in [4.78, 5) is 12.0. The summed E-state index contributed by atoms with van der Waals surface area (Å²) < 4.78 is 1.59. The van der Waals surface area contributed by atoms with Crippen LogP contribution in [0.2, 0.25) is 0 Å². The van der Waals surface area contributed by atoms with Crippen LogP contribution in [-0.2, 0) is 13.5 Å². The van der Waals surface area contributed by atoms with E-state index in [-0.39, 0.29) is 11.6 Å². The molecule has 1 aliphatic rings. The lowest BCUT2D eigenvalue weighted by atomic mass is 9.88. The van der Waals surface area contributed by atoms with Crippen molar-refractivity contribution in [3.8, 4) is 22.3 Å². The molecule has 1 heterocycles. The third-order valence-corrected chi connectivity index (χ3v) is 5.56. The molecule has 0 saturated heterocycles.